The highest BCUT2D eigenvalue weighted by Crippen LogP contribution is 2.31. The van der Waals surface area contributed by atoms with Crippen molar-refractivity contribution in [3.8, 4) is 0 Å². The maximum Gasteiger partial charge on any atom is 0.181 e. The summed E-state index contributed by atoms with van der Waals surface area (Å²) >= 11 is 4.38. The van der Waals surface area contributed by atoms with Crippen molar-refractivity contribution in [2.75, 3.05) is 0 Å². The van der Waals surface area contributed by atoms with Gasteiger partial charge in [-0.25, -0.2) is 0 Å². The van der Waals surface area contributed by atoms with Crippen molar-refractivity contribution in [2.24, 2.45) is 0 Å². The number of carbonyl (C=O) groups excluding carboxylic acids is 2. The van der Waals surface area contributed by atoms with Gasteiger partial charge >= 0.3 is 0 Å². The van der Waals surface area contributed by atoms with Gasteiger partial charge < -0.3 is 0 Å². The highest BCUT2D eigenvalue weighted by Gasteiger charge is 2.27. The van der Waals surface area contributed by atoms with Gasteiger partial charge in [0.25, 0.3) is 0 Å². The molecule has 0 aliphatic heterocycles. The van der Waals surface area contributed by atoms with Gasteiger partial charge in [0.1, 0.15) is 0 Å². The fourth-order valence-corrected chi connectivity index (χ4v) is 4.35. The predicted molar refractivity (Wildman–Crippen MR) is 89.0 cm³/mol. The van der Waals surface area contributed by atoms with Crippen molar-refractivity contribution >= 4 is 45.6 Å². The summed E-state index contributed by atoms with van der Waals surface area (Å²) in [6, 6.07) is 11.2. The molecule has 5 heteroatoms. The summed E-state index contributed by atoms with van der Waals surface area (Å²) in [6.07, 6.45) is 0.234. The molecule has 0 amide bonds. The van der Waals surface area contributed by atoms with Gasteiger partial charge in [0.2, 0.25) is 0 Å². The van der Waals surface area contributed by atoms with Crippen LogP contribution in [-0.2, 0) is 0 Å². The second-order valence-corrected chi connectivity index (χ2v) is 7.39. The van der Waals surface area contributed by atoms with E-state index in [-0.39, 0.29) is 23.9 Å². The number of rotatable bonds is 6. The largest absolute Gasteiger partial charge is 0.293 e. The minimum Gasteiger partial charge on any atom is -0.293 e. The van der Waals surface area contributed by atoms with Crippen LogP contribution in [0.3, 0.4) is 0 Å². The van der Waals surface area contributed by atoms with Crippen LogP contribution in [0.5, 0.6) is 0 Å². The molecule has 0 bridgehead atoms. The van der Waals surface area contributed by atoms with Crippen molar-refractivity contribution in [1.29, 1.82) is 0 Å². The molecular weight excluding hydrogens is 320 g/mol. The number of hydrogen-bond donors (Lipinski definition) is 0. The second-order valence-electron chi connectivity index (χ2n) is 4.51. The van der Waals surface area contributed by atoms with E-state index in [1.165, 1.54) is 34.0 Å². The van der Waals surface area contributed by atoms with Crippen LogP contribution in [0.2, 0.25) is 0 Å². The molecule has 0 fully saturated rings. The van der Waals surface area contributed by atoms with E-state index in [1.807, 2.05) is 52.5 Å². The highest BCUT2D eigenvalue weighted by molar-refractivity contribution is 7.13. The summed E-state index contributed by atoms with van der Waals surface area (Å²) in [4.78, 5) is 27.4. The van der Waals surface area contributed by atoms with Gasteiger partial charge in [-0.3, -0.25) is 9.59 Å². The number of hydrogen-bond acceptors (Lipinski definition) is 5. The molecule has 0 aliphatic rings. The Morgan fingerprint density at radius 1 is 0.857 bits per heavy atom. The molecule has 0 N–H and O–H groups in total. The standard InChI is InChI=1S/C16H12O2S3/c17-12(14-5-2-8-20-14)10-11(13-4-1-7-19-13)16(18)15-6-3-9-21-15/h1-9,11H,10H2. The Morgan fingerprint density at radius 2 is 1.48 bits per heavy atom. The number of carbonyl (C=O) groups is 2. The first-order valence-electron chi connectivity index (χ1n) is 6.43. The Kier molecular flexibility index (Phi) is 4.43. The molecule has 0 aromatic carbocycles. The van der Waals surface area contributed by atoms with Crippen LogP contribution < -0.4 is 0 Å². The lowest BCUT2D eigenvalue weighted by Gasteiger charge is -2.12. The van der Waals surface area contributed by atoms with Crippen molar-refractivity contribution in [3.05, 3.63) is 67.2 Å². The summed E-state index contributed by atoms with van der Waals surface area (Å²) in [6.45, 7) is 0. The third-order valence-corrected chi connectivity index (χ3v) is 5.93. The number of ketones is 2. The van der Waals surface area contributed by atoms with E-state index in [4.69, 9.17) is 0 Å². The molecule has 3 rings (SSSR count). The van der Waals surface area contributed by atoms with Crippen LogP contribution in [-0.4, -0.2) is 11.6 Å². The molecule has 3 heterocycles. The van der Waals surface area contributed by atoms with Crippen molar-refractivity contribution in [2.45, 2.75) is 12.3 Å². The lowest BCUT2D eigenvalue weighted by atomic mass is 9.94. The zero-order valence-corrected chi connectivity index (χ0v) is 13.5. The Hall–Kier alpha value is -1.56. The smallest absolute Gasteiger partial charge is 0.181 e. The van der Waals surface area contributed by atoms with E-state index >= 15 is 0 Å². The zero-order valence-electron chi connectivity index (χ0n) is 11.0. The molecule has 1 atom stereocenters. The van der Waals surface area contributed by atoms with E-state index in [9.17, 15) is 9.59 Å². The predicted octanol–water partition coefficient (Wildman–Crippen LogP) is 5.11. The lowest BCUT2D eigenvalue weighted by Crippen LogP contribution is -2.15. The number of thiophene rings is 3. The molecule has 0 aliphatic carbocycles. The quantitative estimate of drug-likeness (QED) is 0.588. The van der Waals surface area contributed by atoms with E-state index in [1.54, 1.807) is 0 Å². The average Bonchev–Trinajstić information content (AvgIpc) is 3.27. The molecule has 21 heavy (non-hydrogen) atoms. The van der Waals surface area contributed by atoms with Crippen molar-refractivity contribution < 1.29 is 9.59 Å². The van der Waals surface area contributed by atoms with E-state index in [0.717, 1.165) is 9.75 Å². The first-order valence-corrected chi connectivity index (χ1v) is 9.07. The first kappa shape index (κ1) is 14.4. The molecule has 0 radical (unpaired) electrons. The molecular formula is C16H12O2S3. The van der Waals surface area contributed by atoms with Crippen LogP contribution in [0.25, 0.3) is 0 Å². The molecule has 0 saturated heterocycles. The van der Waals surface area contributed by atoms with Crippen LogP contribution in [0.4, 0.5) is 0 Å². The van der Waals surface area contributed by atoms with Gasteiger partial charge in [0.15, 0.2) is 11.6 Å². The molecule has 106 valence electrons. The average molecular weight is 332 g/mol. The maximum atomic E-state index is 12.7. The Labute approximate surface area is 134 Å². The minimum absolute atomic E-state index is 0.0355. The fourth-order valence-electron chi connectivity index (χ4n) is 2.13. The summed E-state index contributed by atoms with van der Waals surface area (Å²) in [5.74, 6) is -0.302. The second kappa shape index (κ2) is 6.47. The normalized spacial score (nSPS) is 12.2. The number of Topliss-reactive ketones (excluding diaryl/α,β-unsaturated/α-hetero) is 2. The lowest BCUT2D eigenvalue weighted by molar-refractivity contribution is 0.0899. The topological polar surface area (TPSA) is 34.1 Å². The van der Waals surface area contributed by atoms with Gasteiger partial charge in [-0.05, 0) is 34.3 Å². The molecule has 3 aromatic rings. The van der Waals surface area contributed by atoms with E-state index < -0.39 is 0 Å². The zero-order chi connectivity index (χ0) is 14.7. The highest BCUT2D eigenvalue weighted by atomic mass is 32.1. The van der Waals surface area contributed by atoms with Crippen LogP contribution in [0.1, 0.15) is 36.6 Å². The molecule has 2 nitrogen and oxygen atoms in total. The van der Waals surface area contributed by atoms with Crippen LogP contribution >= 0.6 is 34.0 Å². The van der Waals surface area contributed by atoms with Gasteiger partial charge in [0.05, 0.1) is 15.7 Å². The van der Waals surface area contributed by atoms with Gasteiger partial charge in [-0.2, -0.15) is 0 Å². The molecule has 3 aromatic heterocycles. The van der Waals surface area contributed by atoms with Gasteiger partial charge in [-0.1, -0.05) is 18.2 Å². The first-order chi connectivity index (χ1) is 10.3. The third-order valence-electron chi connectivity index (χ3n) is 3.15. The monoisotopic (exact) mass is 332 g/mol. The van der Waals surface area contributed by atoms with Crippen molar-refractivity contribution in [1.82, 2.24) is 0 Å². The van der Waals surface area contributed by atoms with Gasteiger partial charge in [-0.15, -0.1) is 34.0 Å². The summed E-state index contributed by atoms with van der Waals surface area (Å²) < 4.78 is 0. The molecule has 0 spiro atoms. The summed E-state index contributed by atoms with van der Waals surface area (Å²) in [5.41, 5.74) is 0. The SMILES string of the molecule is O=C(CC(C(=O)c1cccs1)c1cccs1)c1cccs1. The Bertz CT molecular complexity index is 710. The molecule has 0 saturated carbocycles. The van der Waals surface area contributed by atoms with Crippen LogP contribution in [0, 0.1) is 0 Å². The van der Waals surface area contributed by atoms with Gasteiger partial charge in [0, 0.05) is 11.3 Å². The summed E-state index contributed by atoms with van der Waals surface area (Å²) in [5, 5.41) is 5.72. The van der Waals surface area contributed by atoms with Crippen LogP contribution in [0.15, 0.2) is 52.5 Å². The molecule has 1 unspecified atom stereocenters. The maximum absolute atomic E-state index is 12.7. The van der Waals surface area contributed by atoms with E-state index in [0.29, 0.717) is 4.88 Å². The fraction of sp³-hybridized carbons (Fsp3) is 0.125. The third kappa shape index (κ3) is 3.20. The Balaban J connectivity index is 1.87. The van der Waals surface area contributed by atoms with E-state index in [2.05, 4.69) is 0 Å². The van der Waals surface area contributed by atoms with Crippen molar-refractivity contribution in [3.63, 3.8) is 0 Å². The minimum atomic E-state index is -0.377. The summed E-state index contributed by atoms with van der Waals surface area (Å²) in [7, 11) is 0. The Morgan fingerprint density at radius 3 is 2.05 bits per heavy atom.